The van der Waals surface area contributed by atoms with Gasteiger partial charge in [-0.2, -0.15) is 0 Å². The molecule has 0 saturated carbocycles. The van der Waals surface area contributed by atoms with Crippen LogP contribution in [-0.2, 0) is 4.57 Å². The van der Waals surface area contributed by atoms with Crippen molar-refractivity contribution in [3.8, 4) is 0 Å². The van der Waals surface area contributed by atoms with Crippen LogP contribution in [0.1, 0.15) is 90.4 Å². The minimum atomic E-state index is -3.79. The molecular formula is C19H44O3P2. The van der Waals surface area contributed by atoms with Crippen molar-refractivity contribution in [2.75, 3.05) is 31.8 Å². The number of rotatable bonds is 17. The van der Waals surface area contributed by atoms with Crippen LogP contribution in [0.2, 0.25) is 0 Å². The normalized spacial score (nSPS) is 13.4. The Morgan fingerprint density at radius 3 is 1.46 bits per heavy atom. The van der Waals surface area contributed by atoms with E-state index in [9.17, 15) is 4.57 Å². The van der Waals surface area contributed by atoms with E-state index in [1.54, 1.807) is 0 Å². The molecule has 0 unspecified atom stereocenters. The fourth-order valence-electron chi connectivity index (χ4n) is 3.33. The predicted molar refractivity (Wildman–Crippen MR) is 113 cm³/mol. The van der Waals surface area contributed by atoms with Gasteiger partial charge >= 0.3 is 138 Å². The molecule has 3 nitrogen and oxygen atoms in total. The molecule has 0 radical (unpaired) electrons. The molecule has 2 N–H and O–H groups in total. The average Bonchev–Trinajstić information content (AvgIpc) is 2.46. The van der Waals surface area contributed by atoms with Crippen LogP contribution in [0.3, 0.4) is 0 Å². The fourth-order valence-corrected chi connectivity index (χ4v) is 6.79. The molecule has 0 heterocycles. The molecule has 0 aliphatic rings. The summed E-state index contributed by atoms with van der Waals surface area (Å²) in [5.41, 5.74) is 0. The minimum absolute atomic E-state index is 0.0713. The van der Waals surface area contributed by atoms with Gasteiger partial charge in [0.2, 0.25) is 0 Å². The first-order valence-corrected chi connectivity index (χ1v) is 15.5. The maximum absolute atomic E-state index is 10.9. The molecule has 0 spiro atoms. The molecule has 0 aromatic rings. The van der Waals surface area contributed by atoms with Crippen LogP contribution in [0.15, 0.2) is 0 Å². The number of unbranched alkanes of at least 4 members (excludes halogenated alkanes) is 11. The summed E-state index contributed by atoms with van der Waals surface area (Å²) in [5, 5.41) is 0. The van der Waals surface area contributed by atoms with Crippen LogP contribution in [0.25, 0.3) is 0 Å². The summed E-state index contributed by atoms with van der Waals surface area (Å²) in [6.45, 7) is 7.00. The van der Waals surface area contributed by atoms with E-state index < -0.39 is 14.9 Å². The monoisotopic (exact) mass is 382 g/mol. The zero-order valence-corrected chi connectivity index (χ0v) is 18.5. The second-order valence-electron chi connectivity index (χ2n) is 8.30. The first kappa shape index (κ1) is 24.6. The average molecular weight is 383 g/mol. The predicted octanol–water partition coefficient (Wildman–Crippen LogP) is 6.26. The van der Waals surface area contributed by atoms with Crippen molar-refractivity contribution in [1.82, 2.24) is 0 Å². The Morgan fingerprint density at radius 2 is 1.04 bits per heavy atom. The molecule has 0 rings (SSSR count). The van der Waals surface area contributed by atoms with Crippen molar-refractivity contribution in [1.29, 1.82) is 0 Å². The first-order chi connectivity index (χ1) is 11.3. The van der Waals surface area contributed by atoms with Gasteiger partial charge in [0, 0.05) is 0 Å². The molecule has 0 atom stereocenters. The SMILES string of the molecule is CCCCCCCCCCCCCC[PH](C)(C)CCCP(=O)(O)O. The van der Waals surface area contributed by atoms with Gasteiger partial charge in [0.1, 0.15) is 0 Å². The molecule has 0 saturated heterocycles. The third-order valence-corrected chi connectivity index (χ3v) is 9.32. The van der Waals surface area contributed by atoms with Gasteiger partial charge in [-0.3, -0.25) is 0 Å². The van der Waals surface area contributed by atoms with Crippen LogP contribution in [0.4, 0.5) is 0 Å². The summed E-state index contributed by atoms with van der Waals surface area (Å²) in [5.74, 6) is 0. The third-order valence-electron chi connectivity index (χ3n) is 5.01. The maximum atomic E-state index is 10.9. The Labute approximate surface area is 151 Å². The second-order valence-corrected chi connectivity index (χ2v) is 15.4. The molecule has 0 amide bonds. The van der Waals surface area contributed by atoms with E-state index in [2.05, 4.69) is 20.3 Å². The van der Waals surface area contributed by atoms with Gasteiger partial charge in [-0.15, -0.1) is 0 Å². The Bertz CT molecular complexity index is 327. The molecule has 0 aliphatic carbocycles. The van der Waals surface area contributed by atoms with Crippen molar-refractivity contribution in [2.45, 2.75) is 90.4 Å². The van der Waals surface area contributed by atoms with Gasteiger partial charge in [0.15, 0.2) is 0 Å². The Hall–Kier alpha value is 0.580. The van der Waals surface area contributed by atoms with Gasteiger partial charge in [-0.25, -0.2) is 0 Å². The van der Waals surface area contributed by atoms with Gasteiger partial charge < -0.3 is 0 Å². The van der Waals surface area contributed by atoms with Crippen LogP contribution < -0.4 is 0 Å². The van der Waals surface area contributed by atoms with E-state index in [4.69, 9.17) is 9.79 Å². The quantitative estimate of drug-likeness (QED) is 0.230. The van der Waals surface area contributed by atoms with Crippen molar-refractivity contribution in [3.63, 3.8) is 0 Å². The zero-order valence-electron chi connectivity index (χ0n) is 16.6. The van der Waals surface area contributed by atoms with Gasteiger partial charge in [0.25, 0.3) is 0 Å². The molecule has 148 valence electrons. The van der Waals surface area contributed by atoms with Crippen LogP contribution in [-0.4, -0.2) is 41.6 Å². The van der Waals surface area contributed by atoms with Crippen molar-refractivity contribution < 1.29 is 14.4 Å². The summed E-state index contributed by atoms with van der Waals surface area (Å²) >= 11 is 0. The van der Waals surface area contributed by atoms with Gasteiger partial charge in [-0.1, -0.05) is 13.3 Å². The molecule has 0 bridgehead atoms. The molecule has 0 fully saturated rings. The van der Waals surface area contributed by atoms with E-state index >= 15 is 0 Å². The van der Waals surface area contributed by atoms with Gasteiger partial charge in [0.05, 0.1) is 0 Å². The molecule has 0 aliphatic heterocycles. The topological polar surface area (TPSA) is 57.5 Å². The molecule has 24 heavy (non-hydrogen) atoms. The summed E-state index contributed by atoms with van der Waals surface area (Å²) < 4.78 is 10.9. The standard InChI is InChI=1S/C19H44O3P2/c1-4-5-6-7-8-9-10-11-12-13-14-15-17-23(2,3)18-16-19-24(20,21)22/h23H,4-19H2,1-3H3,(H2,20,21,22). The van der Waals surface area contributed by atoms with E-state index in [1.807, 2.05) is 0 Å². The Balaban J connectivity index is 3.37. The summed E-state index contributed by atoms with van der Waals surface area (Å²) in [4.78, 5) is 17.9. The van der Waals surface area contributed by atoms with E-state index in [1.165, 1.54) is 83.2 Å². The molecule has 0 aromatic heterocycles. The fraction of sp³-hybridized carbons (Fsp3) is 1.00. The molecule has 0 aromatic carbocycles. The number of hydrogen-bond donors (Lipinski definition) is 2. The molecular weight excluding hydrogens is 338 g/mol. The van der Waals surface area contributed by atoms with Crippen molar-refractivity contribution in [3.05, 3.63) is 0 Å². The second kappa shape index (κ2) is 14.7. The van der Waals surface area contributed by atoms with Crippen LogP contribution >= 0.6 is 14.9 Å². The van der Waals surface area contributed by atoms with Crippen molar-refractivity contribution >= 4 is 14.9 Å². The summed E-state index contributed by atoms with van der Waals surface area (Å²) in [7, 11) is -5.03. The Morgan fingerprint density at radius 1 is 0.667 bits per heavy atom. The van der Waals surface area contributed by atoms with Gasteiger partial charge in [-0.05, 0) is 0 Å². The number of hydrogen-bond acceptors (Lipinski definition) is 1. The van der Waals surface area contributed by atoms with Crippen LogP contribution in [0.5, 0.6) is 0 Å². The molecule has 5 heteroatoms. The van der Waals surface area contributed by atoms with E-state index in [0.717, 1.165) is 6.16 Å². The third kappa shape index (κ3) is 18.9. The Kier molecular flexibility index (Phi) is 15.1. The zero-order chi connectivity index (χ0) is 18.3. The van der Waals surface area contributed by atoms with E-state index in [-0.39, 0.29) is 6.16 Å². The van der Waals surface area contributed by atoms with Crippen molar-refractivity contribution in [2.24, 2.45) is 0 Å². The summed E-state index contributed by atoms with van der Waals surface area (Å²) in [6, 6.07) is 0. The summed E-state index contributed by atoms with van der Waals surface area (Å²) in [6.07, 6.45) is 19.8. The van der Waals surface area contributed by atoms with Crippen LogP contribution in [0, 0.1) is 0 Å². The van der Waals surface area contributed by atoms with E-state index in [0.29, 0.717) is 6.42 Å². The first-order valence-electron chi connectivity index (χ1n) is 10.3.